The predicted octanol–water partition coefficient (Wildman–Crippen LogP) is 11.3. The Labute approximate surface area is 320 Å². The standard InChI is InChI=1S/C49H27BO2S2/c1-2-12-28(13-3-1)29-24-41-46-42(25-29)52-47-38(23-22-32-31-15-5-9-19-43(31)54-48(32)47)50(46)39-27-37-33(26-40(39)51-41)30-14-4-6-16-34(30)49(37)35-17-7-10-20-44(35)53-45-21-11-8-18-36(45)49/h1-27H. The summed E-state index contributed by atoms with van der Waals surface area (Å²) in [5.74, 6) is 3.59. The molecule has 13 rings (SSSR count). The summed E-state index contributed by atoms with van der Waals surface area (Å²) in [5.41, 5.74) is 13.0. The molecule has 4 heterocycles. The van der Waals surface area contributed by atoms with Crippen LogP contribution < -0.4 is 25.9 Å². The van der Waals surface area contributed by atoms with E-state index in [2.05, 4.69) is 164 Å². The molecule has 0 radical (unpaired) electrons. The van der Waals surface area contributed by atoms with E-state index in [1.165, 1.54) is 74.3 Å². The Morgan fingerprint density at radius 2 is 1.15 bits per heavy atom. The Morgan fingerprint density at radius 3 is 1.96 bits per heavy atom. The van der Waals surface area contributed by atoms with Gasteiger partial charge in [-0.05, 0) is 91.8 Å². The first-order chi connectivity index (χ1) is 26.8. The number of ether oxygens (including phenoxy) is 2. The molecular formula is C49H27BO2S2. The lowest BCUT2D eigenvalue weighted by molar-refractivity contribution is 0.467. The fourth-order valence-corrected chi connectivity index (χ4v) is 12.3. The van der Waals surface area contributed by atoms with Crippen LogP contribution in [-0.4, -0.2) is 6.71 Å². The highest BCUT2D eigenvalue weighted by Gasteiger charge is 2.52. The third-order valence-corrected chi connectivity index (χ3v) is 14.4. The normalized spacial score (nSPS) is 14.6. The molecule has 0 fully saturated rings. The molecular weight excluding hydrogens is 695 g/mol. The smallest absolute Gasteiger partial charge is 0.260 e. The van der Waals surface area contributed by atoms with E-state index < -0.39 is 5.41 Å². The lowest BCUT2D eigenvalue weighted by Gasteiger charge is -2.40. The molecule has 9 aromatic rings. The van der Waals surface area contributed by atoms with Crippen molar-refractivity contribution >= 4 is 66.4 Å². The second-order valence-electron chi connectivity index (χ2n) is 14.7. The highest BCUT2D eigenvalue weighted by molar-refractivity contribution is 7.99. The summed E-state index contributed by atoms with van der Waals surface area (Å²) in [5, 5.41) is 2.51. The molecule has 0 saturated carbocycles. The Balaban J connectivity index is 1.13. The minimum atomic E-state index is -0.469. The SMILES string of the molecule is c1ccc(-c2cc3c4c(c2)Oc2c(ccc5c2sc2ccccc25)B4c2cc4c(cc2O3)-c2ccccc2C42c3ccccc3Sc3ccccc32)cc1. The second-order valence-corrected chi connectivity index (χ2v) is 16.8. The van der Waals surface area contributed by atoms with Crippen LogP contribution in [0.15, 0.2) is 174 Å². The molecule has 54 heavy (non-hydrogen) atoms. The predicted molar refractivity (Wildman–Crippen MR) is 224 cm³/mol. The number of fused-ring (bicyclic) bond motifs is 17. The van der Waals surface area contributed by atoms with Crippen LogP contribution in [0.3, 0.4) is 0 Å². The van der Waals surface area contributed by atoms with Crippen LogP contribution in [0.2, 0.25) is 0 Å². The van der Waals surface area contributed by atoms with Gasteiger partial charge < -0.3 is 9.47 Å². The van der Waals surface area contributed by atoms with Crippen molar-refractivity contribution in [3.8, 4) is 45.3 Å². The zero-order chi connectivity index (χ0) is 35.1. The third kappa shape index (κ3) is 3.68. The summed E-state index contributed by atoms with van der Waals surface area (Å²) in [6, 6.07) is 60.2. The van der Waals surface area contributed by atoms with Gasteiger partial charge in [-0.15, -0.1) is 11.3 Å². The summed E-state index contributed by atoms with van der Waals surface area (Å²) in [4.78, 5) is 2.61. The first-order valence-corrected chi connectivity index (χ1v) is 20.1. The highest BCUT2D eigenvalue weighted by atomic mass is 32.2. The van der Waals surface area contributed by atoms with E-state index in [4.69, 9.17) is 9.47 Å². The Bertz CT molecular complexity index is 3060. The van der Waals surface area contributed by atoms with Crippen LogP contribution in [0.5, 0.6) is 23.0 Å². The molecule has 4 aliphatic rings. The van der Waals surface area contributed by atoms with Gasteiger partial charge in [-0.25, -0.2) is 0 Å². The van der Waals surface area contributed by atoms with Gasteiger partial charge in [-0.3, -0.25) is 0 Å². The van der Waals surface area contributed by atoms with Crippen molar-refractivity contribution in [2.45, 2.75) is 15.2 Å². The van der Waals surface area contributed by atoms with Gasteiger partial charge in [-0.2, -0.15) is 0 Å². The number of hydrogen-bond donors (Lipinski definition) is 0. The molecule has 1 spiro atoms. The van der Waals surface area contributed by atoms with Gasteiger partial charge >= 0.3 is 0 Å². The molecule has 2 nitrogen and oxygen atoms in total. The van der Waals surface area contributed by atoms with Crippen molar-refractivity contribution in [2.75, 3.05) is 0 Å². The molecule has 3 aliphatic heterocycles. The second kappa shape index (κ2) is 10.6. The lowest BCUT2D eigenvalue weighted by Crippen LogP contribution is -2.57. The molecule has 8 aromatic carbocycles. The molecule has 0 amide bonds. The summed E-state index contributed by atoms with van der Waals surface area (Å²) >= 11 is 3.70. The Morgan fingerprint density at radius 1 is 0.463 bits per heavy atom. The molecule has 0 bridgehead atoms. The van der Waals surface area contributed by atoms with Crippen molar-refractivity contribution in [3.63, 3.8) is 0 Å². The topological polar surface area (TPSA) is 18.5 Å². The number of benzene rings is 8. The molecule has 0 saturated heterocycles. The average molecular weight is 723 g/mol. The van der Waals surface area contributed by atoms with Gasteiger partial charge in [0.2, 0.25) is 0 Å². The molecule has 1 aromatic heterocycles. The van der Waals surface area contributed by atoms with E-state index in [0.29, 0.717) is 0 Å². The summed E-state index contributed by atoms with van der Waals surface area (Å²) in [7, 11) is 0. The maximum absolute atomic E-state index is 7.12. The quantitative estimate of drug-likeness (QED) is 0.157. The fraction of sp³-hybridized carbons (Fsp3) is 0.0204. The average Bonchev–Trinajstić information content (AvgIpc) is 3.74. The monoisotopic (exact) mass is 722 g/mol. The van der Waals surface area contributed by atoms with Gasteiger partial charge in [0.05, 0.1) is 10.1 Å². The van der Waals surface area contributed by atoms with Crippen LogP contribution in [0, 0.1) is 0 Å². The van der Waals surface area contributed by atoms with E-state index in [0.717, 1.165) is 39.6 Å². The summed E-state index contributed by atoms with van der Waals surface area (Å²) < 4.78 is 16.7. The minimum absolute atomic E-state index is 0.0727. The summed E-state index contributed by atoms with van der Waals surface area (Å²) in [6.07, 6.45) is 0. The lowest BCUT2D eigenvalue weighted by atomic mass is 9.34. The molecule has 0 atom stereocenters. The van der Waals surface area contributed by atoms with Crippen molar-refractivity contribution in [1.29, 1.82) is 0 Å². The van der Waals surface area contributed by atoms with Gasteiger partial charge in [0.25, 0.3) is 6.71 Å². The molecule has 1 aliphatic carbocycles. The van der Waals surface area contributed by atoms with Gasteiger partial charge in [0, 0.05) is 30.7 Å². The van der Waals surface area contributed by atoms with Crippen molar-refractivity contribution in [2.24, 2.45) is 0 Å². The minimum Gasteiger partial charge on any atom is -0.458 e. The van der Waals surface area contributed by atoms with Gasteiger partial charge in [0.15, 0.2) is 0 Å². The van der Waals surface area contributed by atoms with Gasteiger partial charge in [0.1, 0.15) is 23.0 Å². The molecule has 250 valence electrons. The van der Waals surface area contributed by atoms with Crippen molar-refractivity contribution in [3.05, 3.63) is 186 Å². The van der Waals surface area contributed by atoms with E-state index >= 15 is 0 Å². The van der Waals surface area contributed by atoms with Gasteiger partial charge in [-0.1, -0.05) is 139 Å². The highest BCUT2D eigenvalue weighted by Crippen LogP contribution is 2.62. The van der Waals surface area contributed by atoms with Crippen LogP contribution in [0.1, 0.15) is 22.3 Å². The number of hydrogen-bond acceptors (Lipinski definition) is 4. The zero-order valence-electron chi connectivity index (χ0n) is 28.8. The molecule has 5 heteroatoms. The first kappa shape index (κ1) is 29.4. The van der Waals surface area contributed by atoms with E-state index in [-0.39, 0.29) is 6.71 Å². The fourth-order valence-electron chi connectivity index (χ4n) is 9.88. The zero-order valence-corrected chi connectivity index (χ0v) is 30.4. The molecule has 0 N–H and O–H groups in total. The molecule has 0 unspecified atom stereocenters. The summed E-state index contributed by atoms with van der Waals surface area (Å²) in [6.45, 7) is -0.0727. The Kier molecular flexibility index (Phi) is 5.76. The van der Waals surface area contributed by atoms with Crippen molar-refractivity contribution < 1.29 is 9.47 Å². The van der Waals surface area contributed by atoms with Crippen LogP contribution in [-0.2, 0) is 5.41 Å². The third-order valence-electron chi connectivity index (χ3n) is 12.1. The van der Waals surface area contributed by atoms with E-state index in [1.807, 2.05) is 23.1 Å². The van der Waals surface area contributed by atoms with Crippen molar-refractivity contribution in [1.82, 2.24) is 0 Å². The van der Waals surface area contributed by atoms with Crippen LogP contribution in [0.4, 0.5) is 0 Å². The number of rotatable bonds is 1. The largest absolute Gasteiger partial charge is 0.458 e. The maximum Gasteiger partial charge on any atom is 0.260 e. The maximum atomic E-state index is 7.12. The number of thiophene rings is 1. The van der Waals surface area contributed by atoms with E-state index in [1.54, 1.807) is 0 Å². The van der Waals surface area contributed by atoms with Crippen LogP contribution >= 0.6 is 23.1 Å². The first-order valence-electron chi connectivity index (χ1n) is 18.4. The Hall–Kier alpha value is -6.01. The van der Waals surface area contributed by atoms with Crippen LogP contribution in [0.25, 0.3) is 42.4 Å². The van der Waals surface area contributed by atoms with E-state index in [9.17, 15) is 0 Å².